The number of rotatable bonds is 1. The fourth-order valence-electron chi connectivity index (χ4n) is 5.42. The average molecular weight is 420 g/mol. The quantitative estimate of drug-likeness (QED) is 0.457. The molecule has 0 amide bonds. The summed E-state index contributed by atoms with van der Waals surface area (Å²) >= 11 is 6.73. The number of ketones is 1. The number of hydrogen-bond acceptors (Lipinski definition) is 4. The molecule has 3 aromatic rings. The average Bonchev–Trinajstić information content (AvgIpc) is 2.76. The number of para-hydroxylation sites is 1. The molecule has 30 heavy (non-hydrogen) atoms. The highest BCUT2D eigenvalue weighted by atomic mass is 35.5. The molecule has 1 aromatic carbocycles. The number of hydrogen-bond donors (Lipinski definition) is 0. The maximum atomic E-state index is 12.5. The lowest BCUT2D eigenvalue weighted by Crippen LogP contribution is -2.41. The molecule has 3 atom stereocenters. The number of halogens is 1. The van der Waals surface area contributed by atoms with E-state index in [2.05, 4.69) is 24.9 Å². The molecule has 2 aromatic heterocycles. The molecule has 5 heteroatoms. The third kappa shape index (κ3) is 3.13. The van der Waals surface area contributed by atoms with Crippen LogP contribution >= 0.6 is 11.6 Å². The lowest BCUT2D eigenvalue weighted by molar-refractivity contribution is -0.123. The molecule has 2 heterocycles. The van der Waals surface area contributed by atoms with Gasteiger partial charge in [0.15, 0.2) is 5.82 Å². The third-order valence-electron chi connectivity index (χ3n) is 7.42. The summed E-state index contributed by atoms with van der Waals surface area (Å²) in [7, 11) is 0. The molecule has 4 nitrogen and oxygen atoms in total. The van der Waals surface area contributed by atoms with Crippen molar-refractivity contribution in [1.82, 2.24) is 15.0 Å². The zero-order valence-corrected chi connectivity index (χ0v) is 18.2. The summed E-state index contributed by atoms with van der Waals surface area (Å²) in [5.74, 6) is 1.72. The molecule has 154 valence electrons. The minimum atomic E-state index is -0.145. The van der Waals surface area contributed by atoms with Crippen LogP contribution < -0.4 is 0 Å². The Balaban J connectivity index is 1.66. The standard InChI is InChI=1S/C25H26ClN3O/c1-15-7-8-16-9-10-19-22(25(16,2)13-11-21(15)30)28-24(29-23(19)26)18-12-14-27-20-6-4-3-5-17(18)20/h3-6,12,14-16H,7-11,13H2,1-2H3/t15-,16?,25-/m1/s1. The van der Waals surface area contributed by atoms with Crippen molar-refractivity contribution in [1.29, 1.82) is 0 Å². The number of pyridine rings is 1. The Morgan fingerprint density at radius 1 is 1.07 bits per heavy atom. The topological polar surface area (TPSA) is 55.7 Å². The summed E-state index contributed by atoms with van der Waals surface area (Å²) in [6.07, 6.45) is 7.28. The number of benzene rings is 1. The molecule has 2 aliphatic carbocycles. The SMILES string of the molecule is C[C@@H]1CCC2CCc3c(Cl)nc(-c4ccnc5ccccc45)nc3[C@]2(C)CCC1=O. The number of aromatic nitrogens is 3. The van der Waals surface area contributed by atoms with Crippen molar-refractivity contribution in [2.45, 2.75) is 57.8 Å². The van der Waals surface area contributed by atoms with Crippen LogP contribution in [-0.4, -0.2) is 20.7 Å². The molecule has 5 rings (SSSR count). The highest BCUT2D eigenvalue weighted by molar-refractivity contribution is 6.30. The van der Waals surface area contributed by atoms with Gasteiger partial charge < -0.3 is 0 Å². The molecule has 0 saturated heterocycles. The van der Waals surface area contributed by atoms with Crippen molar-refractivity contribution in [3.8, 4) is 11.4 Å². The van der Waals surface area contributed by atoms with Crippen molar-refractivity contribution in [2.75, 3.05) is 0 Å². The molecular weight excluding hydrogens is 394 g/mol. The van der Waals surface area contributed by atoms with Gasteiger partial charge in [0.05, 0.1) is 11.2 Å². The van der Waals surface area contributed by atoms with Crippen LogP contribution in [0.3, 0.4) is 0 Å². The lowest BCUT2D eigenvalue weighted by atomic mass is 9.61. The van der Waals surface area contributed by atoms with E-state index in [4.69, 9.17) is 21.6 Å². The van der Waals surface area contributed by atoms with Crippen LogP contribution in [0.25, 0.3) is 22.3 Å². The Morgan fingerprint density at radius 2 is 1.90 bits per heavy atom. The van der Waals surface area contributed by atoms with E-state index in [9.17, 15) is 4.79 Å². The fourth-order valence-corrected chi connectivity index (χ4v) is 5.68. The molecule has 1 unspecified atom stereocenters. The van der Waals surface area contributed by atoms with Crippen molar-refractivity contribution < 1.29 is 4.79 Å². The van der Waals surface area contributed by atoms with Crippen LogP contribution in [0.1, 0.15) is 57.2 Å². The van der Waals surface area contributed by atoms with E-state index in [-0.39, 0.29) is 11.3 Å². The predicted molar refractivity (Wildman–Crippen MR) is 120 cm³/mol. The fraction of sp³-hybridized carbons (Fsp3) is 0.440. The van der Waals surface area contributed by atoms with E-state index < -0.39 is 0 Å². The first-order valence-electron chi connectivity index (χ1n) is 10.9. The normalized spacial score (nSPS) is 26.6. The predicted octanol–water partition coefficient (Wildman–Crippen LogP) is 5.94. The van der Waals surface area contributed by atoms with Gasteiger partial charge in [-0.05, 0) is 50.2 Å². The van der Waals surface area contributed by atoms with Gasteiger partial charge in [-0.25, -0.2) is 9.97 Å². The van der Waals surface area contributed by atoms with Gasteiger partial charge in [0, 0.05) is 40.5 Å². The van der Waals surface area contributed by atoms with Crippen LogP contribution in [0.2, 0.25) is 5.15 Å². The summed E-state index contributed by atoms with van der Waals surface area (Å²) < 4.78 is 0. The zero-order valence-electron chi connectivity index (χ0n) is 17.5. The molecule has 0 N–H and O–H groups in total. The van der Waals surface area contributed by atoms with E-state index in [0.717, 1.165) is 59.8 Å². The first-order chi connectivity index (χ1) is 14.5. The molecule has 0 spiro atoms. The number of nitrogens with zero attached hydrogens (tertiary/aromatic N) is 3. The second-order valence-electron chi connectivity index (χ2n) is 9.14. The maximum Gasteiger partial charge on any atom is 0.161 e. The zero-order chi connectivity index (χ0) is 20.9. The van der Waals surface area contributed by atoms with Gasteiger partial charge in [-0.2, -0.15) is 0 Å². The summed E-state index contributed by atoms with van der Waals surface area (Å²) in [5.41, 5.74) is 3.84. The minimum Gasteiger partial charge on any atom is -0.299 e. The molecule has 0 aliphatic heterocycles. The molecule has 0 bridgehead atoms. The highest BCUT2D eigenvalue weighted by Crippen LogP contribution is 2.49. The van der Waals surface area contributed by atoms with Gasteiger partial charge in [0.2, 0.25) is 0 Å². The largest absolute Gasteiger partial charge is 0.299 e. The van der Waals surface area contributed by atoms with E-state index in [1.54, 1.807) is 6.20 Å². The summed E-state index contributed by atoms with van der Waals surface area (Å²) in [6.45, 7) is 4.37. The van der Waals surface area contributed by atoms with Gasteiger partial charge in [-0.3, -0.25) is 9.78 Å². The molecule has 1 fully saturated rings. The van der Waals surface area contributed by atoms with Crippen molar-refractivity contribution in [3.05, 3.63) is 52.9 Å². The molecule has 2 aliphatic rings. The van der Waals surface area contributed by atoms with Crippen LogP contribution in [0.5, 0.6) is 0 Å². The first kappa shape index (κ1) is 19.6. The highest BCUT2D eigenvalue weighted by Gasteiger charge is 2.44. The van der Waals surface area contributed by atoms with Crippen molar-refractivity contribution in [3.63, 3.8) is 0 Å². The Bertz CT molecular complexity index is 1140. The van der Waals surface area contributed by atoms with Gasteiger partial charge in [-0.1, -0.05) is 43.6 Å². The summed E-state index contributed by atoms with van der Waals surface area (Å²) in [6, 6.07) is 10.0. The molecule has 0 radical (unpaired) electrons. The summed E-state index contributed by atoms with van der Waals surface area (Å²) in [4.78, 5) is 26.8. The van der Waals surface area contributed by atoms with E-state index >= 15 is 0 Å². The Hall–Kier alpha value is -2.33. The Kier molecular flexibility index (Phi) is 4.85. The number of carbonyl (C=O) groups is 1. The van der Waals surface area contributed by atoms with Crippen LogP contribution in [-0.2, 0) is 16.6 Å². The second-order valence-corrected chi connectivity index (χ2v) is 9.50. The van der Waals surface area contributed by atoms with Crippen LogP contribution in [0.15, 0.2) is 36.5 Å². The van der Waals surface area contributed by atoms with Crippen molar-refractivity contribution >= 4 is 28.3 Å². The Labute approximate surface area is 182 Å². The van der Waals surface area contributed by atoms with Gasteiger partial charge in [0.1, 0.15) is 10.9 Å². The van der Waals surface area contributed by atoms with Gasteiger partial charge in [0.25, 0.3) is 0 Å². The van der Waals surface area contributed by atoms with E-state index in [1.807, 2.05) is 24.3 Å². The Morgan fingerprint density at radius 3 is 2.77 bits per heavy atom. The first-order valence-corrected chi connectivity index (χ1v) is 11.3. The maximum absolute atomic E-state index is 12.5. The van der Waals surface area contributed by atoms with E-state index in [0.29, 0.717) is 29.1 Å². The van der Waals surface area contributed by atoms with Gasteiger partial charge >= 0.3 is 0 Å². The lowest BCUT2D eigenvalue weighted by Gasteiger charge is -2.44. The number of fused-ring (bicyclic) bond motifs is 4. The summed E-state index contributed by atoms with van der Waals surface area (Å²) in [5, 5.41) is 1.58. The monoisotopic (exact) mass is 419 g/mol. The van der Waals surface area contributed by atoms with Gasteiger partial charge in [-0.15, -0.1) is 0 Å². The van der Waals surface area contributed by atoms with Crippen LogP contribution in [0, 0.1) is 11.8 Å². The van der Waals surface area contributed by atoms with Crippen molar-refractivity contribution in [2.24, 2.45) is 11.8 Å². The van der Waals surface area contributed by atoms with Crippen LogP contribution in [0.4, 0.5) is 0 Å². The molecule has 1 saturated carbocycles. The second kappa shape index (κ2) is 7.42. The number of Topliss-reactive ketones (excluding diaryl/α,β-unsaturated/α-hetero) is 1. The molecular formula is C25H26ClN3O. The third-order valence-corrected chi connectivity index (χ3v) is 7.73. The minimum absolute atomic E-state index is 0.145. The number of carbonyl (C=O) groups excluding carboxylic acids is 1. The van der Waals surface area contributed by atoms with E-state index in [1.165, 1.54) is 0 Å². The smallest absolute Gasteiger partial charge is 0.161 e.